The molecule has 1 saturated heterocycles. The van der Waals surface area contributed by atoms with E-state index in [1.807, 2.05) is 54.2 Å². The summed E-state index contributed by atoms with van der Waals surface area (Å²) in [5.74, 6) is 0.618. The third kappa shape index (κ3) is 4.68. The molecule has 5 nitrogen and oxygen atoms in total. The maximum Gasteiger partial charge on any atom is 0.251 e. The maximum atomic E-state index is 12.1. The molecule has 1 N–H and O–H groups in total. The van der Waals surface area contributed by atoms with Crippen molar-refractivity contribution in [3.63, 3.8) is 0 Å². The lowest BCUT2D eigenvalue weighted by Crippen LogP contribution is -2.39. The van der Waals surface area contributed by atoms with Crippen LogP contribution in [0.3, 0.4) is 0 Å². The molecule has 3 rings (SSSR count). The lowest BCUT2D eigenvalue weighted by Gasteiger charge is -2.31. The number of carbonyl (C=O) groups is 1. The number of nitrogens with one attached hydrogen (secondary N) is 1. The Labute approximate surface area is 143 Å². The van der Waals surface area contributed by atoms with Crippen molar-refractivity contribution in [2.75, 3.05) is 26.2 Å². The Morgan fingerprint density at radius 1 is 1.17 bits per heavy atom. The van der Waals surface area contributed by atoms with Crippen LogP contribution in [-0.4, -0.2) is 46.8 Å². The van der Waals surface area contributed by atoms with Gasteiger partial charge in [-0.2, -0.15) is 5.10 Å². The Morgan fingerprint density at radius 2 is 1.92 bits per heavy atom. The minimum atomic E-state index is 0.0343. The van der Waals surface area contributed by atoms with E-state index in [9.17, 15) is 4.79 Å². The predicted octanol–water partition coefficient (Wildman–Crippen LogP) is 2.33. The maximum absolute atomic E-state index is 12.1. The van der Waals surface area contributed by atoms with E-state index in [2.05, 4.69) is 15.3 Å². The highest BCUT2D eigenvalue weighted by atomic mass is 16.1. The Morgan fingerprint density at radius 3 is 2.58 bits per heavy atom. The van der Waals surface area contributed by atoms with E-state index in [1.54, 1.807) is 0 Å². The van der Waals surface area contributed by atoms with Crippen LogP contribution in [0.15, 0.2) is 42.6 Å². The molecule has 0 spiro atoms. The molecule has 0 radical (unpaired) electrons. The average molecular weight is 326 g/mol. The third-order valence-electron chi connectivity index (χ3n) is 4.71. The van der Waals surface area contributed by atoms with Gasteiger partial charge < -0.3 is 10.2 Å². The van der Waals surface area contributed by atoms with E-state index in [0.29, 0.717) is 5.92 Å². The SMILES string of the molecule is Cc1ccn(CCN2CCC(CNC(=O)c3ccccc3)CC2)n1. The number of piperidine rings is 1. The van der Waals surface area contributed by atoms with Gasteiger partial charge in [-0.05, 0) is 57.0 Å². The predicted molar refractivity (Wildman–Crippen MR) is 94.9 cm³/mol. The number of likely N-dealkylation sites (tertiary alicyclic amines) is 1. The summed E-state index contributed by atoms with van der Waals surface area (Å²) in [4.78, 5) is 14.6. The van der Waals surface area contributed by atoms with Crippen LogP contribution in [0.25, 0.3) is 0 Å². The van der Waals surface area contributed by atoms with E-state index >= 15 is 0 Å². The summed E-state index contributed by atoms with van der Waals surface area (Å²) in [6.07, 6.45) is 4.33. The van der Waals surface area contributed by atoms with Crippen LogP contribution in [-0.2, 0) is 6.54 Å². The Bertz CT molecular complexity index is 644. The molecule has 0 atom stereocenters. The van der Waals surface area contributed by atoms with Crippen molar-refractivity contribution in [1.82, 2.24) is 20.0 Å². The van der Waals surface area contributed by atoms with E-state index in [0.717, 1.165) is 56.8 Å². The Kier molecular flexibility index (Phi) is 5.64. The van der Waals surface area contributed by atoms with Gasteiger partial charge in [0.1, 0.15) is 0 Å². The van der Waals surface area contributed by atoms with Crippen molar-refractivity contribution >= 4 is 5.91 Å². The molecular weight excluding hydrogens is 300 g/mol. The largest absolute Gasteiger partial charge is 0.352 e. The second-order valence-corrected chi connectivity index (χ2v) is 6.58. The Hall–Kier alpha value is -2.14. The molecule has 1 fully saturated rings. The van der Waals surface area contributed by atoms with Crippen molar-refractivity contribution in [2.45, 2.75) is 26.3 Å². The van der Waals surface area contributed by atoms with Gasteiger partial charge in [0.05, 0.1) is 12.2 Å². The first-order valence-electron chi connectivity index (χ1n) is 8.76. The van der Waals surface area contributed by atoms with Crippen LogP contribution >= 0.6 is 0 Å². The molecule has 0 unspecified atom stereocenters. The van der Waals surface area contributed by atoms with Crippen LogP contribution in [0, 0.1) is 12.8 Å². The van der Waals surface area contributed by atoms with Crippen LogP contribution < -0.4 is 5.32 Å². The van der Waals surface area contributed by atoms with E-state index < -0.39 is 0 Å². The van der Waals surface area contributed by atoms with Crippen molar-refractivity contribution < 1.29 is 4.79 Å². The molecular formula is C19H26N4O. The molecule has 24 heavy (non-hydrogen) atoms. The molecule has 1 aliphatic heterocycles. The van der Waals surface area contributed by atoms with Crippen molar-refractivity contribution in [2.24, 2.45) is 5.92 Å². The van der Waals surface area contributed by atoms with Gasteiger partial charge in [-0.15, -0.1) is 0 Å². The van der Waals surface area contributed by atoms with E-state index in [1.165, 1.54) is 0 Å². The van der Waals surface area contributed by atoms with Crippen molar-refractivity contribution in [3.8, 4) is 0 Å². The van der Waals surface area contributed by atoms with Gasteiger partial charge in [-0.3, -0.25) is 9.48 Å². The fourth-order valence-electron chi connectivity index (χ4n) is 3.17. The first kappa shape index (κ1) is 16.7. The highest BCUT2D eigenvalue weighted by molar-refractivity contribution is 5.94. The molecule has 0 aliphatic carbocycles. The van der Waals surface area contributed by atoms with Crippen LogP contribution in [0.4, 0.5) is 0 Å². The lowest BCUT2D eigenvalue weighted by molar-refractivity contribution is 0.0935. The standard InChI is InChI=1S/C19H26N4O/c1-16-7-12-23(21-16)14-13-22-10-8-17(9-11-22)15-20-19(24)18-5-3-2-4-6-18/h2-7,12,17H,8-11,13-15H2,1H3,(H,20,24). The fourth-order valence-corrected chi connectivity index (χ4v) is 3.17. The number of hydrogen-bond donors (Lipinski definition) is 1. The average Bonchev–Trinajstić information content (AvgIpc) is 3.05. The number of aromatic nitrogens is 2. The normalized spacial score (nSPS) is 16.2. The van der Waals surface area contributed by atoms with Gasteiger partial charge in [0, 0.05) is 24.8 Å². The quantitative estimate of drug-likeness (QED) is 0.886. The highest BCUT2D eigenvalue weighted by Gasteiger charge is 2.19. The number of hydrogen-bond acceptors (Lipinski definition) is 3. The van der Waals surface area contributed by atoms with Crippen LogP contribution in [0.2, 0.25) is 0 Å². The summed E-state index contributed by atoms with van der Waals surface area (Å²) in [5.41, 5.74) is 1.81. The molecule has 2 heterocycles. The highest BCUT2D eigenvalue weighted by Crippen LogP contribution is 2.16. The molecule has 0 bridgehead atoms. The number of benzene rings is 1. The molecule has 2 aromatic rings. The zero-order chi connectivity index (χ0) is 16.8. The molecule has 5 heteroatoms. The first-order valence-corrected chi connectivity index (χ1v) is 8.76. The minimum absolute atomic E-state index is 0.0343. The third-order valence-corrected chi connectivity index (χ3v) is 4.71. The number of carbonyl (C=O) groups excluding carboxylic acids is 1. The summed E-state index contributed by atoms with van der Waals surface area (Å²) < 4.78 is 2.02. The molecule has 1 aromatic carbocycles. The number of aryl methyl sites for hydroxylation is 1. The summed E-state index contributed by atoms with van der Waals surface area (Å²) in [7, 11) is 0. The molecule has 128 valence electrons. The molecule has 1 amide bonds. The fraction of sp³-hybridized carbons (Fsp3) is 0.474. The number of amides is 1. The first-order chi connectivity index (χ1) is 11.7. The Balaban J connectivity index is 1.35. The van der Waals surface area contributed by atoms with Crippen LogP contribution in [0.5, 0.6) is 0 Å². The molecule has 1 aromatic heterocycles. The monoisotopic (exact) mass is 326 g/mol. The number of nitrogens with zero attached hydrogens (tertiary/aromatic N) is 3. The van der Waals surface area contributed by atoms with Gasteiger partial charge in [-0.1, -0.05) is 18.2 Å². The van der Waals surface area contributed by atoms with Gasteiger partial charge in [0.2, 0.25) is 0 Å². The van der Waals surface area contributed by atoms with E-state index in [-0.39, 0.29) is 5.91 Å². The van der Waals surface area contributed by atoms with Gasteiger partial charge in [0.15, 0.2) is 0 Å². The van der Waals surface area contributed by atoms with Gasteiger partial charge in [-0.25, -0.2) is 0 Å². The summed E-state index contributed by atoms with van der Waals surface area (Å²) in [6, 6.07) is 11.5. The lowest BCUT2D eigenvalue weighted by atomic mass is 9.96. The zero-order valence-electron chi connectivity index (χ0n) is 14.3. The molecule has 0 saturated carbocycles. The summed E-state index contributed by atoms with van der Waals surface area (Å²) in [5, 5.41) is 7.50. The smallest absolute Gasteiger partial charge is 0.251 e. The van der Waals surface area contributed by atoms with Crippen molar-refractivity contribution in [3.05, 3.63) is 53.9 Å². The van der Waals surface area contributed by atoms with E-state index in [4.69, 9.17) is 0 Å². The van der Waals surface area contributed by atoms with Gasteiger partial charge in [0.25, 0.3) is 5.91 Å². The topological polar surface area (TPSA) is 50.2 Å². The van der Waals surface area contributed by atoms with Crippen molar-refractivity contribution in [1.29, 1.82) is 0 Å². The number of rotatable bonds is 6. The summed E-state index contributed by atoms with van der Waals surface area (Å²) in [6.45, 7) is 7.00. The second kappa shape index (κ2) is 8.11. The minimum Gasteiger partial charge on any atom is -0.352 e. The van der Waals surface area contributed by atoms with Gasteiger partial charge >= 0.3 is 0 Å². The summed E-state index contributed by atoms with van der Waals surface area (Å²) >= 11 is 0. The molecule has 1 aliphatic rings. The van der Waals surface area contributed by atoms with Crippen LogP contribution in [0.1, 0.15) is 28.9 Å². The zero-order valence-corrected chi connectivity index (χ0v) is 14.3. The second-order valence-electron chi connectivity index (χ2n) is 6.58.